The predicted molar refractivity (Wildman–Crippen MR) is 72.6 cm³/mol. The molecule has 2 heterocycles. The van der Waals surface area contributed by atoms with Crippen molar-refractivity contribution >= 4 is 0 Å². The Morgan fingerprint density at radius 1 is 1.42 bits per heavy atom. The van der Waals surface area contributed by atoms with Crippen LogP contribution in [-0.4, -0.2) is 45.9 Å². The average Bonchev–Trinajstić information content (AvgIpc) is 2.86. The van der Waals surface area contributed by atoms with Gasteiger partial charge in [0.1, 0.15) is 12.4 Å². The zero-order chi connectivity index (χ0) is 13.1. The highest BCUT2D eigenvalue weighted by Gasteiger charge is 2.26. The Kier molecular flexibility index (Phi) is 3.94. The van der Waals surface area contributed by atoms with Crippen LogP contribution in [0.25, 0.3) is 0 Å². The molecule has 1 aliphatic heterocycles. The van der Waals surface area contributed by atoms with Crippen molar-refractivity contribution in [2.45, 2.75) is 25.4 Å². The minimum atomic E-state index is 0.0698. The fraction of sp³-hybridized carbons (Fsp3) is 0.714. The van der Waals surface area contributed by atoms with Crippen molar-refractivity contribution in [1.82, 2.24) is 19.7 Å². The van der Waals surface area contributed by atoms with Gasteiger partial charge in [0.2, 0.25) is 0 Å². The molecule has 0 radical (unpaired) electrons. The number of morpholine rings is 1. The van der Waals surface area contributed by atoms with Crippen LogP contribution in [0, 0.1) is 5.92 Å². The highest BCUT2D eigenvalue weighted by molar-refractivity contribution is 4.95. The largest absolute Gasteiger partial charge is 0.368 e. The molecule has 19 heavy (non-hydrogen) atoms. The third-order valence-electron chi connectivity index (χ3n) is 4.08. The van der Waals surface area contributed by atoms with Crippen LogP contribution in [0.5, 0.6) is 0 Å². The second-order valence-corrected chi connectivity index (χ2v) is 5.57. The van der Waals surface area contributed by atoms with E-state index in [0.717, 1.165) is 31.4 Å². The lowest BCUT2D eigenvalue weighted by molar-refractivity contribution is -0.0403. The van der Waals surface area contributed by atoms with Gasteiger partial charge in [0.05, 0.1) is 6.61 Å². The van der Waals surface area contributed by atoms with Crippen LogP contribution in [0.4, 0.5) is 0 Å². The minimum absolute atomic E-state index is 0.0698. The number of aryl methyl sites for hydroxylation is 1. The molecule has 0 amide bonds. The van der Waals surface area contributed by atoms with Gasteiger partial charge in [0.15, 0.2) is 5.82 Å². The van der Waals surface area contributed by atoms with Crippen molar-refractivity contribution in [3.63, 3.8) is 0 Å². The van der Waals surface area contributed by atoms with Crippen LogP contribution in [-0.2, 0) is 11.8 Å². The molecule has 5 nitrogen and oxygen atoms in total. The van der Waals surface area contributed by atoms with Gasteiger partial charge < -0.3 is 9.30 Å². The van der Waals surface area contributed by atoms with Gasteiger partial charge in [-0.25, -0.2) is 0 Å². The van der Waals surface area contributed by atoms with Crippen LogP contribution in [0.1, 0.15) is 31.2 Å². The number of rotatable bonds is 3. The zero-order valence-electron chi connectivity index (χ0n) is 11.5. The minimum Gasteiger partial charge on any atom is -0.368 e. The van der Waals surface area contributed by atoms with Crippen molar-refractivity contribution in [3.05, 3.63) is 24.3 Å². The van der Waals surface area contributed by atoms with Crippen molar-refractivity contribution in [2.24, 2.45) is 13.0 Å². The lowest BCUT2D eigenvalue weighted by atomic mass is 9.93. The molecule has 1 aromatic rings. The van der Waals surface area contributed by atoms with E-state index in [0.29, 0.717) is 0 Å². The Bertz CT molecular complexity index is 442. The monoisotopic (exact) mass is 262 g/mol. The standard InChI is InChI=1S/C14H22N4O/c1-17-11-15-16-14(17)13-10-18(7-8-19-13)9-12-5-3-2-4-6-12/h2-3,11-13H,4-10H2,1H3/t12-,13-/m1/s1. The number of nitrogens with zero attached hydrogens (tertiary/aromatic N) is 4. The van der Waals surface area contributed by atoms with Gasteiger partial charge in [-0.15, -0.1) is 10.2 Å². The fourth-order valence-corrected chi connectivity index (χ4v) is 3.00. The second-order valence-electron chi connectivity index (χ2n) is 5.57. The number of hydrogen-bond acceptors (Lipinski definition) is 4. The Balaban J connectivity index is 1.59. The third-order valence-corrected chi connectivity index (χ3v) is 4.08. The summed E-state index contributed by atoms with van der Waals surface area (Å²) in [5.41, 5.74) is 0. The Morgan fingerprint density at radius 2 is 2.37 bits per heavy atom. The highest BCUT2D eigenvalue weighted by Crippen LogP contribution is 2.24. The lowest BCUT2D eigenvalue weighted by Gasteiger charge is -2.34. The molecule has 5 heteroatoms. The van der Waals surface area contributed by atoms with Gasteiger partial charge in [-0.2, -0.15) is 0 Å². The summed E-state index contributed by atoms with van der Waals surface area (Å²) in [7, 11) is 1.98. The van der Waals surface area contributed by atoms with Crippen LogP contribution in [0.2, 0.25) is 0 Å². The molecule has 1 aromatic heterocycles. The SMILES string of the molecule is Cn1cnnc1[C@H]1CN(C[C@@H]2CC=CCC2)CCO1. The first-order valence-electron chi connectivity index (χ1n) is 7.16. The molecule has 0 saturated carbocycles. The first-order chi connectivity index (χ1) is 9.33. The maximum atomic E-state index is 5.84. The van der Waals surface area contributed by atoms with E-state index in [1.165, 1.54) is 25.8 Å². The molecule has 2 aliphatic rings. The predicted octanol–water partition coefficient (Wildman–Crippen LogP) is 1.54. The molecule has 1 saturated heterocycles. The summed E-state index contributed by atoms with van der Waals surface area (Å²) in [4.78, 5) is 2.52. The van der Waals surface area contributed by atoms with Crippen molar-refractivity contribution < 1.29 is 4.74 Å². The lowest BCUT2D eigenvalue weighted by Crippen LogP contribution is -2.41. The van der Waals surface area contributed by atoms with E-state index < -0.39 is 0 Å². The quantitative estimate of drug-likeness (QED) is 0.775. The van der Waals surface area contributed by atoms with Crippen LogP contribution in [0.3, 0.4) is 0 Å². The summed E-state index contributed by atoms with van der Waals surface area (Å²) in [5, 5.41) is 8.11. The molecule has 0 N–H and O–H groups in total. The smallest absolute Gasteiger partial charge is 0.163 e. The summed E-state index contributed by atoms with van der Waals surface area (Å²) in [5.74, 6) is 1.75. The van der Waals surface area contributed by atoms with Crippen LogP contribution >= 0.6 is 0 Å². The maximum Gasteiger partial charge on any atom is 0.163 e. The van der Waals surface area contributed by atoms with Gasteiger partial charge in [-0.05, 0) is 25.2 Å². The fourth-order valence-electron chi connectivity index (χ4n) is 3.00. The second kappa shape index (κ2) is 5.84. The van der Waals surface area contributed by atoms with Crippen molar-refractivity contribution in [2.75, 3.05) is 26.2 Å². The topological polar surface area (TPSA) is 43.2 Å². The molecule has 1 fully saturated rings. The first-order valence-corrected chi connectivity index (χ1v) is 7.16. The number of aromatic nitrogens is 3. The molecule has 0 bridgehead atoms. The molecule has 0 spiro atoms. The van der Waals surface area contributed by atoms with Crippen molar-refractivity contribution in [3.8, 4) is 0 Å². The molecule has 3 rings (SSSR count). The molecule has 0 aromatic carbocycles. The van der Waals surface area contributed by atoms with E-state index in [9.17, 15) is 0 Å². The summed E-state index contributed by atoms with van der Waals surface area (Å²) in [6.45, 7) is 3.95. The van der Waals surface area contributed by atoms with E-state index in [4.69, 9.17) is 4.74 Å². The first kappa shape index (κ1) is 12.8. The average molecular weight is 262 g/mol. The van der Waals surface area contributed by atoms with Gasteiger partial charge >= 0.3 is 0 Å². The highest BCUT2D eigenvalue weighted by atomic mass is 16.5. The van der Waals surface area contributed by atoms with Crippen LogP contribution < -0.4 is 0 Å². The van der Waals surface area contributed by atoms with Gasteiger partial charge in [-0.3, -0.25) is 4.90 Å². The number of hydrogen-bond donors (Lipinski definition) is 0. The van der Waals surface area contributed by atoms with Crippen molar-refractivity contribution in [1.29, 1.82) is 0 Å². The van der Waals surface area contributed by atoms with E-state index >= 15 is 0 Å². The zero-order valence-corrected chi connectivity index (χ0v) is 11.5. The Morgan fingerprint density at radius 3 is 3.11 bits per heavy atom. The number of allylic oxidation sites excluding steroid dienone is 2. The van der Waals surface area contributed by atoms with Gasteiger partial charge in [0, 0.05) is 26.7 Å². The Hall–Kier alpha value is -1.20. The molecular weight excluding hydrogens is 240 g/mol. The molecule has 0 unspecified atom stereocenters. The normalized spacial score (nSPS) is 28.7. The van der Waals surface area contributed by atoms with E-state index in [1.807, 2.05) is 11.6 Å². The summed E-state index contributed by atoms with van der Waals surface area (Å²) < 4.78 is 7.80. The molecule has 1 aliphatic carbocycles. The van der Waals surface area contributed by atoms with E-state index in [2.05, 4.69) is 27.2 Å². The third kappa shape index (κ3) is 3.04. The summed E-state index contributed by atoms with van der Waals surface area (Å²) >= 11 is 0. The molecule has 104 valence electrons. The summed E-state index contributed by atoms with van der Waals surface area (Å²) in [6.07, 6.45) is 10.2. The number of ether oxygens (including phenoxy) is 1. The van der Waals surface area contributed by atoms with Gasteiger partial charge in [0.25, 0.3) is 0 Å². The van der Waals surface area contributed by atoms with Crippen LogP contribution in [0.15, 0.2) is 18.5 Å². The Labute approximate surface area is 114 Å². The maximum absolute atomic E-state index is 5.84. The molecule has 2 atom stereocenters. The van der Waals surface area contributed by atoms with Gasteiger partial charge in [-0.1, -0.05) is 12.2 Å². The van der Waals surface area contributed by atoms with E-state index in [1.54, 1.807) is 6.33 Å². The summed E-state index contributed by atoms with van der Waals surface area (Å²) in [6, 6.07) is 0. The van der Waals surface area contributed by atoms with E-state index in [-0.39, 0.29) is 6.10 Å². The molecular formula is C14H22N4O.